The molecule has 0 aromatic heterocycles. The predicted molar refractivity (Wildman–Crippen MR) is 105 cm³/mol. The number of nitro benzene ring substituents is 2. The van der Waals surface area contributed by atoms with E-state index in [2.05, 4.69) is 10.5 Å². The number of alkyl halides is 3. The minimum atomic E-state index is -4.99. The first kappa shape index (κ1) is 20.7. The van der Waals surface area contributed by atoms with Crippen LogP contribution in [0.15, 0.2) is 59.7 Å². The highest BCUT2D eigenvalue weighted by atomic mass is 19.4. The van der Waals surface area contributed by atoms with Crippen LogP contribution < -0.4 is 5.43 Å². The van der Waals surface area contributed by atoms with Crippen molar-refractivity contribution in [3.05, 3.63) is 86.0 Å². The zero-order chi connectivity index (χ0) is 22.1. The van der Waals surface area contributed by atoms with Gasteiger partial charge in [-0.1, -0.05) is 42.5 Å². The zero-order valence-corrected chi connectivity index (χ0v) is 15.3. The molecule has 8 nitrogen and oxygen atoms in total. The summed E-state index contributed by atoms with van der Waals surface area (Å²) in [5.41, 5.74) is -1.25. The molecule has 0 fully saturated rings. The summed E-state index contributed by atoms with van der Waals surface area (Å²) in [6, 6.07) is 13.2. The summed E-state index contributed by atoms with van der Waals surface area (Å²) in [6.45, 7) is 1.57. The van der Waals surface area contributed by atoms with Gasteiger partial charge in [0.05, 0.1) is 21.1 Å². The van der Waals surface area contributed by atoms with Crippen molar-refractivity contribution in [2.45, 2.75) is 13.1 Å². The third-order valence-corrected chi connectivity index (χ3v) is 4.33. The second-order valence-electron chi connectivity index (χ2n) is 6.24. The lowest BCUT2D eigenvalue weighted by Crippen LogP contribution is -2.10. The molecule has 30 heavy (non-hydrogen) atoms. The Kier molecular flexibility index (Phi) is 5.37. The van der Waals surface area contributed by atoms with E-state index in [1.807, 2.05) is 24.3 Å². The predicted octanol–water partition coefficient (Wildman–Crippen LogP) is 5.51. The number of rotatable bonds is 5. The molecule has 3 rings (SSSR count). The Morgan fingerprint density at radius 3 is 2.10 bits per heavy atom. The van der Waals surface area contributed by atoms with E-state index in [1.165, 1.54) is 0 Å². The highest BCUT2D eigenvalue weighted by Gasteiger charge is 2.37. The highest BCUT2D eigenvalue weighted by molar-refractivity contribution is 6.10. The quantitative estimate of drug-likeness (QED) is 0.334. The van der Waals surface area contributed by atoms with E-state index in [0.717, 1.165) is 10.8 Å². The third-order valence-electron chi connectivity index (χ3n) is 4.33. The van der Waals surface area contributed by atoms with Crippen LogP contribution in [-0.2, 0) is 6.18 Å². The van der Waals surface area contributed by atoms with E-state index in [9.17, 15) is 33.4 Å². The fourth-order valence-electron chi connectivity index (χ4n) is 2.92. The van der Waals surface area contributed by atoms with Gasteiger partial charge in [-0.25, -0.2) is 0 Å². The molecule has 0 atom stereocenters. The molecule has 1 N–H and O–H groups in total. The fourth-order valence-corrected chi connectivity index (χ4v) is 2.92. The number of nitrogens with zero attached hydrogens (tertiary/aromatic N) is 3. The Hall–Kier alpha value is -4.02. The first-order valence-corrected chi connectivity index (χ1v) is 8.42. The summed E-state index contributed by atoms with van der Waals surface area (Å²) in [7, 11) is 0. The molecule has 0 spiro atoms. The average Bonchev–Trinajstić information content (AvgIpc) is 2.70. The SMILES string of the molecule is C/C(=N\Nc1c([N+](=O)[O-])cc(C(F)(F)F)cc1[N+](=O)[O-])c1cccc2ccccc12. The van der Waals surface area contributed by atoms with Crippen LogP contribution in [0.2, 0.25) is 0 Å². The first-order valence-electron chi connectivity index (χ1n) is 8.42. The molecule has 0 saturated heterocycles. The maximum Gasteiger partial charge on any atom is 0.416 e. The molecule has 3 aromatic rings. The Bertz CT molecular complexity index is 1150. The maximum atomic E-state index is 13.0. The van der Waals surface area contributed by atoms with Crippen LogP contribution in [0.5, 0.6) is 0 Å². The Morgan fingerprint density at radius 2 is 1.53 bits per heavy atom. The van der Waals surface area contributed by atoms with Crippen molar-refractivity contribution in [1.29, 1.82) is 0 Å². The van der Waals surface area contributed by atoms with Crippen LogP contribution in [-0.4, -0.2) is 15.6 Å². The summed E-state index contributed by atoms with van der Waals surface area (Å²) in [4.78, 5) is 20.3. The minimum Gasteiger partial charge on any atom is -0.266 e. The Labute approximate surface area is 166 Å². The van der Waals surface area contributed by atoms with Crippen molar-refractivity contribution in [2.24, 2.45) is 5.10 Å². The van der Waals surface area contributed by atoms with Gasteiger partial charge in [0, 0.05) is 17.7 Å². The molecular formula is C19H13F3N4O4. The molecular weight excluding hydrogens is 405 g/mol. The molecule has 154 valence electrons. The van der Waals surface area contributed by atoms with Crippen molar-refractivity contribution in [1.82, 2.24) is 0 Å². The van der Waals surface area contributed by atoms with Crippen molar-refractivity contribution in [2.75, 3.05) is 5.43 Å². The van der Waals surface area contributed by atoms with Gasteiger partial charge in [0.15, 0.2) is 0 Å². The van der Waals surface area contributed by atoms with Gasteiger partial charge in [-0.2, -0.15) is 18.3 Å². The second-order valence-corrected chi connectivity index (χ2v) is 6.24. The summed E-state index contributed by atoms with van der Waals surface area (Å²) < 4.78 is 39.0. The van der Waals surface area contributed by atoms with Crippen LogP contribution in [0.4, 0.5) is 30.2 Å². The smallest absolute Gasteiger partial charge is 0.266 e. The van der Waals surface area contributed by atoms with E-state index in [4.69, 9.17) is 0 Å². The molecule has 0 radical (unpaired) electrons. The highest BCUT2D eigenvalue weighted by Crippen LogP contribution is 2.41. The van der Waals surface area contributed by atoms with Gasteiger partial charge in [-0.15, -0.1) is 0 Å². The largest absolute Gasteiger partial charge is 0.416 e. The number of anilines is 1. The molecule has 0 heterocycles. The van der Waals surface area contributed by atoms with E-state index in [1.54, 1.807) is 25.1 Å². The van der Waals surface area contributed by atoms with E-state index < -0.39 is 38.6 Å². The van der Waals surface area contributed by atoms with Gasteiger partial charge < -0.3 is 0 Å². The second kappa shape index (κ2) is 7.78. The molecule has 0 amide bonds. The van der Waals surface area contributed by atoms with Crippen LogP contribution in [0.25, 0.3) is 10.8 Å². The van der Waals surface area contributed by atoms with E-state index >= 15 is 0 Å². The van der Waals surface area contributed by atoms with Crippen molar-refractivity contribution >= 4 is 33.5 Å². The molecule has 0 saturated carbocycles. The molecule has 0 aliphatic heterocycles. The van der Waals surface area contributed by atoms with Gasteiger partial charge in [0.25, 0.3) is 0 Å². The number of hydrogen-bond donors (Lipinski definition) is 1. The lowest BCUT2D eigenvalue weighted by atomic mass is 10.0. The number of nitro groups is 2. The summed E-state index contributed by atoms with van der Waals surface area (Å²) >= 11 is 0. The van der Waals surface area contributed by atoms with Crippen LogP contribution in [0, 0.1) is 20.2 Å². The summed E-state index contributed by atoms with van der Waals surface area (Å²) in [5.74, 6) is 0. The normalized spacial score (nSPS) is 12.1. The number of benzene rings is 3. The molecule has 0 aliphatic carbocycles. The van der Waals surface area contributed by atoms with Crippen LogP contribution in [0.1, 0.15) is 18.1 Å². The number of nitrogens with one attached hydrogen (secondary N) is 1. The molecule has 3 aromatic carbocycles. The fraction of sp³-hybridized carbons (Fsp3) is 0.105. The standard InChI is InChI=1S/C19H13F3N4O4/c1-11(14-8-4-6-12-5-2-3-7-15(12)14)23-24-18-16(25(27)28)9-13(19(20,21)22)10-17(18)26(29)30/h2-10,24H,1H3/b23-11+. The molecule has 11 heteroatoms. The topological polar surface area (TPSA) is 111 Å². The Balaban J connectivity index is 2.11. The monoisotopic (exact) mass is 418 g/mol. The number of halogens is 3. The summed E-state index contributed by atoms with van der Waals surface area (Å²) in [5, 5.41) is 28.3. The molecule has 0 bridgehead atoms. The van der Waals surface area contributed by atoms with E-state index in [0.29, 0.717) is 11.3 Å². The maximum absolute atomic E-state index is 13.0. The summed E-state index contributed by atoms with van der Waals surface area (Å²) in [6.07, 6.45) is -4.99. The number of fused-ring (bicyclic) bond motifs is 1. The van der Waals surface area contributed by atoms with Gasteiger partial charge in [-0.05, 0) is 17.7 Å². The molecule has 0 unspecified atom stereocenters. The minimum absolute atomic E-state index is 0.234. The van der Waals surface area contributed by atoms with Crippen molar-refractivity contribution in [3.8, 4) is 0 Å². The van der Waals surface area contributed by atoms with Gasteiger partial charge in [0.1, 0.15) is 0 Å². The average molecular weight is 418 g/mol. The van der Waals surface area contributed by atoms with Gasteiger partial charge >= 0.3 is 17.6 Å². The number of hydrogen-bond acceptors (Lipinski definition) is 6. The Morgan fingerprint density at radius 1 is 0.967 bits per heavy atom. The van der Waals surface area contributed by atoms with Crippen LogP contribution in [0.3, 0.4) is 0 Å². The molecule has 0 aliphatic rings. The van der Waals surface area contributed by atoms with Crippen LogP contribution >= 0.6 is 0 Å². The van der Waals surface area contributed by atoms with Gasteiger partial charge in [-0.3, -0.25) is 25.7 Å². The third kappa shape index (κ3) is 4.04. The zero-order valence-electron chi connectivity index (χ0n) is 15.3. The van der Waals surface area contributed by atoms with Crippen molar-refractivity contribution in [3.63, 3.8) is 0 Å². The van der Waals surface area contributed by atoms with Crippen molar-refractivity contribution < 1.29 is 23.0 Å². The van der Waals surface area contributed by atoms with E-state index in [-0.39, 0.29) is 12.1 Å². The number of hydrazone groups is 1. The lowest BCUT2D eigenvalue weighted by Gasteiger charge is -2.10. The van der Waals surface area contributed by atoms with Gasteiger partial charge in [0.2, 0.25) is 5.69 Å². The first-order chi connectivity index (χ1) is 14.1. The lowest BCUT2D eigenvalue weighted by molar-refractivity contribution is -0.392.